The molecule has 0 fully saturated rings. The number of carbonyl (C=O) groups excluding carboxylic acids is 1. The number of nitrogens with one attached hydrogen (secondary N) is 1. The van der Waals surface area contributed by atoms with E-state index < -0.39 is 10.9 Å². The van der Waals surface area contributed by atoms with E-state index in [0.29, 0.717) is 23.0 Å². The molecule has 0 spiro atoms. The lowest BCUT2D eigenvalue weighted by molar-refractivity contribution is -0.384. The molecule has 0 aliphatic rings. The second-order valence-electron chi connectivity index (χ2n) is 6.00. The highest BCUT2D eigenvalue weighted by molar-refractivity contribution is 5.70. The van der Waals surface area contributed by atoms with Crippen molar-refractivity contribution >= 4 is 17.3 Å². The van der Waals surface area contributed by atoms with Crippen LogP contribution in [0.1, 0.15) is 17.9 Å². The fraction of sp³-hybridized carbons (Fsp3) is 0.200. The Labute approximate surface area is 161 Å². The number of hydrogen-bond acceptors (Lipinski definition) is 7. The molecule has 0 radical (unpaired) electrons. The predicted octanol–water partition coefficient (Wildman–Crippen LogP) is 4.10. The Morgan fingerprint density at radius 2 is 1.89 bits per heavy atom. The Bertz CT molecular complexity index is 969. The topological polar surface area (TPSA) is 108 Å². The number of oxazole rings is 1. The first-order valence-corrected chi connectivity index (χ1v) is 8.69. The Hall–Kier alpha value is -3.68. The van der Waals surface area contributed by atoms with Crippen LogP contribution in [0, 0.1) is 17.0 Å². The number of nitro benzene ring substituents is 1. The van der Waals surface area contributed by atoms with Gasteiger partial charge in [0.15, 0.2) is 0 Å². The third kappa shape index (κ3) is 4.73. The van der Waals surface area contributed by atoms with Crippen molar-refractivity contribution in [3.05, 3.63) is 76.2 Å². The lowest BCUT2D eigenvalue weighted by atomic mass is 10.2. The van der Waals surface area contributed by atoms with Crippen molar-refractivity contribution in [1.82, 2.24) is 4.98 Å². The minimum Gasteiger partial charge on any atom is -0.459 e. The molecule has 2 aromatic carbocycles. The summed E-state index contributed by atoms with van der Waals surface area (Å²) in [5.74, 6) is 0.627. The molecule has 28 heavy (non-hydrogen) atoms. The molecule has 3 rings (SSSR count). The van der Waals surface area contributed by atoms with E-state index in [2.05, 4.69) is 10.3 Å². The zero-order valence-corrected chi connectivity index (χ0v) is 15.3. The molecule has 1 aromatic heterocycles. The van der Waals surface area contributed by atoms with Gasteiger partial charge in [-0.2, -0.15) is 0 Å². The highest BCUT2D eigenvalue weighted by Gasteiger charge is 2.14. The third-order valence-electron chi connectivity index (χ3n) is 4.03. The molecule has 3 aromatic rings. The second kappa shape index (κ2) is 8.81. The second-order valence-corrected chi connectivity index (χ2v) is 6.00. The van der Waals surface area contributed by atoms with Crippen LogP contribution in [0.3, 0.4) is 0 Å². The van der Waals surface area contributed by atoms with Crippen LogP contribution in [0.5, 0.6) is 0 Å². The van der Waals surface area contributed by atoms with Crippen LogP contribution < -0.4 is 5.32 Å². The maximum atomic E-state index is 12.0. The summed E-state index contributed by atoms with van der Waals surface area (Å²) in [5, 5.41) is 13.9. The van der Waals surface area contributed by atoms with Gasteiger partial charge in [0.05, 0.1) is 11.3 Å². The standard InChI is InChI=1S/C20H19N3O5/c1-14-17(22-20(28-14)15-7-3-2-4-8-15)13-27-19(24)11-12-21-16-9-5-6-10-18(16)23(25)26/h2-10,21H,11-13H2,1H3. The van der Waals surface area contributed by atoms with E-state index in [1.807, 2.05) is 30.3 Å². The molecule has 0 aliphatic heterocycles. The van der Waals surface area contributed by atoms with Gasteiger partial charge < -0.3 is 14.5 Å². The Morgan fingerprint density at radius 3 is 2.64 bits per heavy atom. The fourth-order valence-electron chi connectivity index (χ4n) is 2.57. The van der Waals surface area contributed by atoms with Crippen LogP contribution >= 0.6 is 0 Å². The van der Waals surface area contributed by atoms with Crippen molar-refractivity contribution in [2.45, 2.75) is 20.0 Å². The van der Waals surface area contributed by atoms with E-state index >= 15 is 0 Å². The molecule has 0 saturated carbocycles. The number of para-hydroxylation sites is 2. The summed E-state index contributed by atoms with van der Waals surface area (Å²) in [6, 6.07) is 15.7. The van der Waals surface area contributed by atoms with Gasteiger partial charge in [0.25, 0.3) is 5.69 Å². The highest BCUT2D eigenvalue weighted by atomic mass is 16.6. The van der Waals surface area contributed by atoms with E-state index in [1.165, 1.54) is 6.07 Å². The molecular weight excluding hydrogens is 362 g/mol. The quantitative estimate of drug-likeness (QED) is 0.355. The Balaban J connectivity index is 1.50. The average Bonchev–Trinajstić information content (AvgIpc) is 3.08. The normalized spacial score (nSPS) is 10.5. The molecule has 8 heteroatoms. The minimum absolute atomic E-state index is 0.00643. The Morgan fingerprint density at radius 1 is 1.18 bits per heavy atom. The van der Waals surface area contributed by atoms with E-state index in [1.54, 1.807) is 25.1 Å². The first-order valence-electron chi connectivity index (χ1n) is 8.69. The lowest BCUT2D eigenvalue weighted by Gasteiger charge is -2.07. The molecule has 0 amide bonds. The molecule has 0 aliphatic carbocycles. The number of carbonyl (C=O) groups is 1. The number of benzene rings is 2. The molecule has 8 nitrogen and oxygen atoms in total. The van der Waals surface area contributed by atoms with E-state index in [-0.39, 0.29) is 25.3 Å². The number of aromatic nitrogens is 1. The number of rotatable bonds is 8. The number of esters is 1. The minimum atomic E-state index is -0.474. The first kappa shape index (κ1) is 19.1. The number of ether oxygens (including phenoxy) is 1. The van der Waals surface area contributed by atoms with E-state index in [0.717, 1.165) is 5.56 Å². The maximum Gasteiger partial charge on any atom is 0.307 e. The number of aryl methyl sites for hydroxylation is 1. The monoisotopic (exact) mass is 381 g/mol. The van der Waals surface area contributed by atoms with Crippen LogP contribution in [-0.4, -0.2) is 22.4 Å². The zero-order chi connectivity index (χ0) is 19.9. The summed E-state index contributed by atoms with van der Waals surface area (Å²) in [7, 11) is 0. The van der Waals surface area contributed by atoms with Gasteiger partial charge in [0.1, 0.15) is 23.7 Å². The molecule has 1 N–H and O–H groups in total. The van der Waals surface area contributed by atoms with Gasteiger partial charge in [-0.25, -0.2) is 4.98 Å². The lowest BCUT2D eigenvalue weighted by Crippen LogP contribution is -2.12. The molecule has 0 unspecified atom stereocenters. The molecule has 1 heterocycles. The molecule has 144 valence electrons. The van der Waals surface area contributed by atoms with E-state index in [9.17, 15) is 14.9 Å². The van der Waals surface area contributed by atoms with Gasteiger partial charge in [0.2, 0.25) is 5.89 Å². The summed E-state index contributed by atoms with van der Waals surface area (Å²) in [4.78, 5) is 26.8. The van der Waals surface area contributed by atoms with Crippen LogP contribution in [0.25, 0.3) is 11.5 Å². The van der Waals surface area contributed by atoms with Crippen molar-refractivity contribution < 1.29 is 18.9 Å². The van der Waals surface area contributed by atoms with Gasteiger partial charge in [-0.1, -0.05) is 30.3 Å². The number of hydrogen-bond donors (Lipinski definition) is 1. The summed E-state index contributed by atoms with van der Waals surface area (Å²) >= 11 is 0. The molecular formula is C20H19N3O5. The zero-order valence-electron chi connectivity index (χ0n) is 15.3. The summed E-state index contributed by atoms with van der Waals surface area (Å²) < 4.78 is 10.9. The summed E-state index contributed by atoms with van der Waals surface area (Å²) in [6.07, 6.45) is 0.0640. The van der Waals surface area contributed by atoms with Crippen molar-refractivity contribution in [1.29, 1.82) is 0 Å². The smallest absolute Gasteiger partial charge is 0.307 e. The predicted molar refractivity (Wildman–Crippen MR) is 103 cm³/mol. The SMILES string of the molecule is Cc1oc(-c2ccccc2)nc1COC(=O)CCNc1ccccc1[N+](=O)[O-]. The van der Waals surface area contributed by atoms with Gasteiger partial charge in [0, 0.05) is 18.2 Å². The fourth-order valence-corrected chi connectivity index (χ4v) is 2.57. The van der Waals surface area contributed by atoms with Gasteiger partial charge in [-0.15, -0.1) is 0 Å². The van der Waals surface area contributed by atoms with Crippen molar-refractivity contribution in [2.75, 3.05) is 11.9 Å². The van der Waals surface area contributed by atoms with Crippen LogP contribution in [0.15, 0.2) is 59.0 Å². The van der Waals surface area contributed by atoms with Crippen molar-refractivity contribution in [3.63, 3.8) is 0 Å². The Kier molecular flexibility index (Phi) is 6.01. The number of nitrogens with zero attached hydrogens (tertiary/aromatic N) is 2. The summed E-state index contributed by atoms with van der Waals surface area (Å²) in [6.45, 7) is 1.99. The van der Waals surface area contributed by atoms with Crippen LogP contribution in [0.2, 0.25) is 0 Å². The number of nitro groups is 1. The van der Waals surface area contributed by atoms with Crippen molar-refractivity contribution in [3.8, 4) is 11.5 Å². The van der Waals surface area contributed by atoms with Crippen molar-refractivity contribution in [2.24, 2.45) is 0 Å². The number of anilines is 1. The molecule has 0 saturated heterocycles. The van der Waals surface area contributed by atoms with Gasteiger partial charge in [-0.05, 0) is 25.1 Å². The maximum absolute atomic E-state index is 12.0. The molecule has 0 bridgehead atoms. The largest absolute Gasteiger partial charge is 0.459 e. The van der Waals surface area contributed by atoms with Crippen LogP contribution in [0.4, 0.5) is 11.4 Å². The van der Waals surface area contributed by atoms with E-state index in [4.69, 9.17) is 9.15 Å². The van der Waals surface area contributed by atoms with Gasteiger partial charge >= 0.3 is 5.97 Å². The average molecular weight is 381 g/mol. The molecule has 0 atom stereocenters. The first-order chi connectivity index (χ1) is 13.5. The summed E-state index contributed by atoms with van der Waals surface area (Å²) in [5.41, 5.74) is 1.72. The van der Waals surface area contributed by atoms with Gasteiger partial charge in [-0.3, -0.25) is 14.9 Å². The highest BCUT2D eigenvalue weighted by Crippen LogP contribution is 2.23. The third-order valence-corrected chi connectivity index (χ3v) is 4.03. The van der Waals surface area contributed by atoms with Crippen LogP contribution in [-0.2, 0) is 16.1 Å².